The highest BCUT2D eigenvalue weighted by atomic mass is 35.5. The number of hydrazine groups is 1. The SMILES string of the molecule is NNC(CCC1CCCCO1)Cc1cccc(Cl)c1Cl. The normalized spacial score (nSPS) is 20.9. The summed E-state index contributed by atoms with van der Waals surface area (Å²) in [7, 11) is 0. The molecule has 112 valence electrons. The van der Waals surface area contributed by atoms with Gasteiger partial charge in [0.1, 0.15) is 0 Å². The van der Waals surface area contributed by atoms with E-state index in [2.05, 4.69) is 5.43 Å². The maximum atomic E-state index is 6.22. The average Bonchev–Trinajstić information content (AvgIpc) is 2.49. The lowest BCUT2D eigenvalue weighted by Crippen LogP contribution is -2.37. The zero-order valence-electron chi connectivity index (χ0n) is 11.6. The summed E-state index contributed by atoms with van der Waals surface area (Å²) >= 11 is 12.3. The Hall–Kier alpha value is -0.320. The van der Waals surface area contributed by atoms with E-state index in [1.807, 2.05) is 12.1 Å². The first-order chi connectivity index (χ1) is 9.70. The zero-order valence-corrected chi connectivity index (χ0v) is 13.1. The first-order valence-electron chi connectivity index (χ1n) is 7.21. The summed E-state index contributed by atoms with van der Waals surface area (Å²) in [4.78, 5) is 0. The average molecular weight is 317 g/mol. The van der Waals surface area contributed by atoms with Crippen molar-refractivity contribution >= 4 is 23.2 Å². The quantitative estimate of drug-likeness (QED) is 0.621. The zero-order chi connectivity index (χ0) is 14.4. The molecule has 0 bridgehead atoms. The van der Waals surface area contributed by atoms with Crippen LogP contribution < -0.4 is 11.3 Å². The van der Waals surface area contributed by atoms with E-state index in [0.29, 0.717) is 16.1 Å². The molecular formula is C15H22Cl2N2O. The molecule has 1 aromatic carbocycles. The van der Waals surface area contributed by atoms with Crippen LogP contribution in [0.3, 0.4) is 0 Å². The van der Waals surface area contributed by atoms with Gasteiger partial charge in [0.25, 0.3) is 0 Å². The second-order valence-corrected chi connectivity index (χ2v) is 6.13. The third kappa shape index (κ3) is 4.61. The highest BCUT2D eigenvalue weighted by Gasteiger charge is 2.17. The van der Waals surface area contributed by atoms with Crippen molar-refractivity contribution in [3.8, 4) is 0 Å². The molecule has 3 nitrogen and oxygen atoms in total. The smallest absolute Gasteiger partial charge is 0.0624 e. The molecule has 0 spiro atoms. The van der Waals surface area contributed by atoms with Gasteiger partial charge in [-0.2, -0.15) is 0 Å². The summed E-state index contributed by atoms with van der Waals surface area (Å²) in [5.41, 5.74) is 3.91. The molecule has 1 saturated heterocycles. The number of nitrogens with two attached hydrogens (primary N) is 1. The topological polar surface area (TPSA) is 47.3 Å². The molecule has 1 heterocycles. The van der Waals surface area contributed by atoms with Gasteiger partial charge in [-0.25, -0.2) is 0 Å². The minimum absolute atomic E-state index is 0.191. The van der Waals surface area contributed by atoms with Crippen molar-refractivity contribution in [1.82, 2.24) is 5.43 Å². The molecule has 3 N–H and O–H groups in total. The lowest BCUT2D eigenvalue weighted by atomic mass is 9.98. The Kier molecular flexibility index (Phi) is 6.59. The molecule has 0 aromatic heterocycles. The number of rotatable bonds is 6. The molecule has 0 saturated carbocycles. The molecular weight excluding hydrogens is 295 g/mol. The van der Waals surface area contributed by atoms with Crippen LogP contribution in [-0.4, -0.2) is 18.8 Å². The second kappa shape index (κ2) is 8.20. The summed E-state index contributed by atoms with van der Waals surface area (Å²) in [6.45, 7) is 0.894. The number of ether oxygens (including phenoxy) is 1. The number of benzene rings is 1. The molecule has 20 heavy (non-hydrogen) atoms. The van der Waals surface area contributed by atoms with Crippen molar-refractivity contribution in [3.05, 3.63) is 33.8 Å². The molecule has 2 rings (SSSR count). The van der Waals surface area contributed by atoms with Crippen LogP contribution in [-0.2, 0) is 11.2 Å². The Balaban J connectivity index is 1.86. The van der Waals surface area contributed by atoms with Gasteiger partial charge in [-0.1, -0.05) is 35.3 Å². The van der Waals surface area contributed by atoms with E-state index in [1.165, 1.54) is 12.8 Å². The van der Waals surface area contributed by atoms with Crippen LogP contribution in [0.25, 0.3) is 0 Å². The minimum Gasteiger partial charge on any atom is -0.378 e. The van der Waals surface area contributed by atoms with Crippen molar-refractivity contribution in [2.45, 2.75) is 50.7 Å². The van der Waals surface area contributed by atoms with Gasteiger partial charge < -0.3 is 4.74 Å². The molecule has 1 aromatic rings. The molecule has 1 aliphatic rings. The third-order valence-electron chi connectivity index (χ3n) is 3.84. The van der Waals surface area contributed by atoms with Gasteiger partial charge in [0.15, 0.2) is 0 Å². The van der Waals surface area contributed by atoms with E-state index in [4.69, 9.17) is 33.8 Å². The van der Waals surface area contributed by atoms with Gasteiger partial charge in [0, 0.05) is 12.6 Å². The number of halogens is 2. The first-order valence-corrected chi connectivity index (χ1v) is 7.97. The van der Waals surface area contributed by atoms with E-state index in [1.54, 1.807) is 6.07 Å². The van der Waals surface area contributed by atoms with Crippen LogP contribution in [0.15, 0.2) is 18.2 Å². The standard InChI is InChI=1S/C15H22Cl2N2O/c16-14-6-3-4-11(15(14)17)10-12(19-18)7-8-13-5-1-2-9-20-13/h3-4,6,12-13,19H,1-2,5,7-10,18H2. The van der Waals surface area contributed by atoms with Crippen LogP contribution in [0.1, 0.15) is 37.7 Å². The molecule has 2 unspecified atom stereocenters. The minimum atomic E-state index is 0.191. The maximum Gasteiger partial charge on any atom is 0.0624 e. The van der Waals surface area contributed by atoms with Crippen LogP contribution in [0.2, 0.25) is 10.0 Å². The Morgan fingerprint density at radius 1 is 1.35 bits per heavy atom. The van der Waals surface area contributed by atoms with Crippen molar-refractivity contribution < 1.29 is 4.74 Å². The maximum absolute atomic E-state index is 6.22. The molecule has 1 aliphatic heterocycles. The van der Waals surface area contributed by atoms with Gasteiger partial charge >= 0.3 is 0 Å². The summed E-state index contributed by atoms with van der Waals surface area (Å²) in [5.74, 6) is 5.66. The Morgan fingerprint density at radius 3 is 2.90 bits per heavy atom. The fourth-order valence-corrected chi connectivity index (χ4v) is 3.04. The van der Waals surface area contributed by atoms with Crippen molar-refractivity contribution in [2.24, 2.45) is 5.84 Å². The molecule has 0 radical (unpaired) electrons. The van der Waals surface area contributed by atoms with Crippen LogP contribution in [0.5, 0.6) is 0 Å². The molecule has 0 amide bonds. The number of hydrogen-bond acceptors (Lipinski definition) is 3. The van der Waals surface area contributed by atoms with Gasteiger partial charge in [-0.05, 0) is 50.2 Å². The Labute approximate surface area is 130 Å². The highest BCUT2D eigenvalue weighted by molar-refractivity contribution is 6.42. The van der Waals surface area contributed by atoms with Crippen molar-refractivity contribution in [3.63, 3.8) is 0 Å². The summed E-state index contributed by atoms with van der Waals surface area (Å²) in [6.07, 6.45) is 6.79. The summed E-state index contributed by atoms with van der Waals surface area (Å²) < 4.78 is 5.75. The van der Waals surface area contributed by atoms with Gasteiger partial charge in [-0.3, -0.25) is 11.3 Å². The van der Waals surface area contributed by atoms with Crippen molar-refractivity contribution in [2.75, 3.05) is 6.61 Å². The molecule has 5 heteroatoms. The highest BCUT2D eigenvalue weighted by Crippen LogP contribution is 2.27. The van der Waals surface area contributed by atoms with Crippen molar-refractivity contribution in [1.29, 1.82) is 0 Å². The van der Waals surface area contributed by atoms with E-state index in [9.17, 15) is 0 Å². The van der Waals surface area contributed by atoms with Gasteiger partial charge in [0.2, 0.25) is 0 Å². The van der Waals surface area contributed by atoms with Gasteiger partial charge in [-0.15, -0.1) is 0 Å². The predicted octanol–water partition coefficient (Wildman–Crippen LogP) is 3.72. The summed E-state index contributed by atoms with van der Waals surface area (Å²) in [6, 6.07) is 5.90. The van der Waals surface area contributed by atoms with Crippen LogP contribution in [0, 0.1) is 0 Å². The second-order valence-electron chi connectivity index (χ2n) is 5.35. The van der Waals surface area contributed by atoms with Crippen LogP contribution in [0.4, 0.5) is 0 Å². The fourth-order valence-electron chi connectivity index (χ4n) is 2.64. The van der Waals surface area contributed by atoms with Gasteiger partial charge in [0.05, 0.1) is 16.1 Å². The number of hydrogen-bond donors (Lipinski definition) is 2. The van der Waals surface area contributed by atoms with E-state index in [0.717, 1.165) is 37.9 Å². The Bertz CT molecular complexity index is 422. The molecule has 2 atom stereocenters. The van der Waals surface area contributed by atoms with Crippen LogP contribution >= 0.6 is 23.2 Å². The third-order valence-corrected chi connectivity index (χ3v) is 4.70. The Morgan fingerprint density at radius 2 is 2.20 bits per heavy atom. The first kappa shape index (κ1) is 16.1. The molecule has 1 fully saturated rings. The lowest BCUT2D eigenvalue weighted by Gasteiger charge is -2.25. The molecule has 0 aliphatic carbocycles. The van der Waals surface area contributed by atoms with E-state index >= 15 is 0 Å². The van der Waals surface area contributed by atoms with E-state index in [-0.39, 0.29) is 6.04 Å². The predicted molar refractivity (Wildman–Crippen MR) is 84.1 cm³/mol. The summed E-state index contributed by atoms with van der Waals surface area (Å²) in [5, 5.41) is 1.22. The monoisotopic (exact) mass is 316 g/mol. The largest absolute Gasteiger partial charge is 0.378 e. The fraction of sp³-hybridized carbons (Fsp3) is 0.600. The van der Waals surface area contributed by atoms with E-state index < -0.39 is 0 Å². The number of nitrogens with one attached hydrogen (secondary N) is 1. The lowest BCUT2D eigenvalue weighted by molar-refractivity contribution is 0.00858.